The average molecular weight is 216 g/mol. The molecular formula is C12H12N2O2. The lowest BCUT2D eigenvalue weighted by Crippen LogP contribution is -2.53. The summed E-state index contributed by atoms with van der Waals surface area (Å²) in [7, 11) is 0. The molecule has 2 unspecified atom stereocenters. The van der Waals surface area contributed by atoms with Crippen LogP contribution in [-0.2, 0) is 4.79 Å². The van der Waals surface area contributed by atoms with Gasteiger partial charge in [-0.15, -0.1) is 0 Å². The summed E-state index contributed by atoms with van der Waals surface area (Å²) in [6, 6.07) is 6.95. The SMILES string of the molecule is CC1CN2C(=O)c3ccccc3C2C(=O)N1. The van der Waals surface area contributed by atoms with Gasteiger partial charge < -0.3 is 10.2 Å². The van der Waals surface area contributed by atoms with Gasteiger partial charge in [0.05, 0.1) is 0 Å². The Bertz CT molecular complexity index is 484. The molecule has 1 N–H and O–H groups in total. The Morgan fingerprint density at radius 2 is 2.06 bits per heavy atom. The van der Waals surface area contributed by atoms with Gasteiger partial charge in [0.25, 0.3) is 5.91 Å². The lowest BCUT2D eigenvalue weighted by Gasteiger charge is -2.33. The highest BCUT2D eigenvalue weighted by Gasteiger charge is 2.44. The number of fused-ring (bicyclic) bond motifs is 3. The molecule has 1 aromatic rings. The van der Waals surface area contributed by atoms with Crippen molar-refractivity contribution in [2.24, 2.45) is 0 Å². The van der Waals surface area contributed by atoms with Crippen molar-refractivity contribution >= 4 is 11.8 Å². The number of amides is 2. The Morgan fingerprint density at radius 1 is 1.31 bits per heavy atom. The van der Waals surface area contributed by atoms with E-state index in [4.69, 9.17) is 0 Å². The van der Waals surface area contributed by atoms with Crippen LogP contribution in [0.3, 0.4) is 0 Å². The first-order valence-electron chi connectivity index (χ1n) is 5.39. The van der Waals surface area contributed by atoms with E-state index in [-0.39, 0.29) is 17.9 Å². The monoisotopic (exact) mass is 216 g/mol. The fourth-order valence-electron chi connectivity index (χ4n) is 2.50. The summed E-state index contributed by atoms with van der Waals surface area (Å²) in [4.78, 5) is 25.6. The van der Waals surface area contributed by atoms with E-state index in [2.05, 4.69) is 5.32 Å². The van der Waals surface area contributed by atoms with Gasteiger partial charge in [-0.2, -0.15) is 0 Å². The number of nitrogens with zero attached hydrogens (tertiary/aromatic N) is 1. The van der Waals surface area contributed by atoms with Crippen molar-refractivity contribution in [1.82, 2.24) is 10.2 Å². The quantitative estimate of drug-likeness (QED) is 0.694. The van der Waals surface area contributed by atoms with Crippen LogP contribution in [-0.4, -0.2) is 29.3 Å². The summed E-state index contributed by atoms with van der Waals surface area (Å²) < 4.78 is 0. The molecule has 4 nitrogen and oxygen atoms in total. The predicted molar refractivity (Wildman–Crippen MR) is 57.8 cm³/mol. The van der Waals surface area contributed by atoms with Crippen LogP contribution >= 0.6 is 0 Å². The lowest BCUT2D eigenvalue weighted by molar-refractivity contribution is -0.128. The first-order valence-corrected chi connectivity index (χ1v) is 5.39. The van der Waals surface area contributed by atoms with Gasteiger partial charge in [0.1, 0.15) is 6.04 Å². The van der Waals surface area contributed by atoms with Crippen LogP contribution in [0.25, 0.3) is 0 Å². The van der Waals surface area contributed by atoms with E-state index in [9.17, 15) is 9.59 Å². The van der Waals surface area contributed by atoms with Crippen molar-refractivity contribution in [3.8, 4) is 0 Å². The average Bonchev–Trinajstić information content (AvgIpc) is 2.54. The summed E-state index contributed by atoms with van der Waals surface area (Å²) in [6.07, 6.45) is 0. The summed E-state index contributed by atoms with van der Waals surface area (Å²) >= 11 is 0. The molecule has 1 aromatic carbocycles. The standard InChI is InChI=1S/C12H12N2O2/c1-7-6-14-10(11(15)13-7)8-4-2-3-5-9(8)12(14)16/h2-5,7,10H,6H2,1H3,(H,13,15). The van der Waals surface area contributed by atoms with Crippen LogP contribution in [0.4, 0.5) is 0 Å². The maximum Gasteiger partial charge on any atom is 0.255 e. The Kier molecular flexibility index (Phi) is 1.80. The van der Waals surface area contributed by atoms with E-state index < -0.39 is 6.04 Å². The number of hydrogen-bond acceptors (Lipinski definition) is 2. The van der Waals surface area contributed by atoms with Crippen molar-refractivity contribution in [3.63, 3.8) is 0 Å². The maximum absolute atomic E-state index is 12.1. The van der Waals surface area contributed by atoms with Gasteiger partial charge in [0, 0.05) is 18.2 Å². The van der Waals surface area contributed by atoms with Crippen LogP contribution in [0, 0.1) is 0 Å². The molecule has 1 fully saturated rings. The minimum atomic E-state index is -0.417. The van der Waals surface area contributed by atoms with Gasteiger partial charge in [-0.25, -0.2) is 0 Å². The summed E-state index contributed by atoms with van der Waals surface area (Å²) in [5.74, 6) is -0.0978. The summed E-state index contributed by atoms with van der Waals surface area (Å²) in [5.41, 5.74) is 1.49. The number of carbonyl (C=O) groups is 2. The Balaban J connectivity index is 2.12. The lowest BCUT2D eigenvalue weighted by atomic mass is 10.0. The third-order valence-electron chi connectivity index (χ3n) is 3.17. The summed E-state index contributed by atoms with van der Waals surface area (Å²) in [5, 5.41) is 2.88. The Morgan fingerprint density at radius 3 is 2.88 bits per heavy atom. The second kappa shape index (κ2) is 3.07. The first-order chi connectivity index (χ1) is 7.68. The van der Waals surface area contributed by atoms with Crippen molar-refractivity contribution in [2.75, 3.05) is 6.54 Å². The van der Waals surface area contributed by atoms with E-state index in [1.807, 2.05) is 25.1 Å². The molecule has 0 radical (unpaired) electrons. The fourth-order valence-corrected chi connectivity index (χ4v) is 2.50. The molecular weight excluding hydrogens is 204 g/mol. The molecule has 3 rings (SSSR count). The number of carbonyl (C=O) groups excluding carboxylic acids is 2. The van der Waals surface area contributed by atoms with Gasteiger partial charge in [0.15, 0.2) is 0 Å². The molecule has 0 saturated carbocycles. The highest BCUT2D eigenvalue weighted by atomic mass is 16.2. The van der Waals surface area contributed by atoms with E-state index in [1.54, 1.807) is 11.0 Å². The van der Waals surface area contributed by atoms with Gasteiger partial charge in [-0.05, 0) is 18.6 Å². The molecule has 0 aliphatic carbocycles. The number of nitrogens with one attached hydrogen (secondary N) is 1. The minimum Gasteiger partial charge on any atom is -0.350 e. The zero-order chi connectivity index (χ0) is 11.3. The Hall–Kier alpha value is -1.84. The van der Waals surface area contributed by atoms with Crippen LogP contribution in [0.1, 0.15) is 28.9 Å². The highest BCUT2D eigenvalue weighted by molar-refractivity contribution is 6.05. The van der Waals surface area contributed by atoms with Crippen molar-refractivity contribution in [3.05, 3.63) is 35.4 Å². The molecule has 0 aromatic heterocycles. The van der Waals surface area contributed by atoms with Crippen molar-refractivity contribution in [2.45, 2.75) is 19.0 Å². The molecule has 4 heteroatoms. The molecule has 2 amide bonds. The molecule has 0 spiro atoms. The summed E-state index contributed by atoms with van der Waals surface area (Å²) in [6.45, 7) is 2.49. The normalized spacial score (nSPS) is 27.4. The Labute approximate surface area is 93.2 Å². The van der Waals surface area contributed by atoms with E-state index in [1.165, 1.54) is 0 Å². The predicted octanol–water partition coefficient (Wildman–Crippen LogP) is 0.702. The van der Waals surface area contributed by atoms with Crippen molar-refractivity contribution < 1.29 is 9.59 Å². The van der Waals surface area contributed by atoms with Gasteiger partial charge >= 0.3 is 0 Å². The highest BCUT2D eigenvalue weighted by Crippen LogP contribution is 2.35. The van der Waals surface area contributed by atoms with Crippen LogP contribution < -0.4 is 5.32 Å². The second-order valence-corrected chi connectivity index (χ2v) is 4.36. The van der Waals surface area contributed by atoms with Crippen LogP contribution in [0.15, 0.2) is 24.3 Å². The number of piperazine rings is 1. The van der Waals surface area contributed by atoms with E-state index in [0.717, 1.165) is 5.56 Å². The third kappa shape index (κ3) is 1.10. The number of hydrogen-bond donors (Lipinski definition) is 1. The fraction of sp³-hybridized carbons (Fsp3) is 0.333. The molecule has 1 saturated heterocycles. The zero-order valence-electron chi connectivity index (χ0n) is 8.93. The molecule has 2 atom stereocenters. The van der Waals surface area contributed by atoms with E-state index in [0.29, 0.717) is 12.1 Å². The first kappa shape index (κ1) is 9.39. The van der Waals surface area contributed by atoms with Gasteiger partial charge in [0.2, 0.25) is 5.91 Å². The molecule has 2 heterocycles. The van der Waals surface area contributed by atoms with Crippen molar-refractivity contribution in [1.29, 1.82) is 0 Å². The zero-order valence-corrected chi connectivity index (χ0v) is 8.93. The minimum absolute atomic E-state index is 0.0256. The van der Waals surface area contributed by atoms with E-state index >= 15 is 0 Å². The second-order valence-electron chi connectivity index (χ2n) is 4.36. The van der Waals surface area contributed by atoms with Crippen LogP contribution in [0.5, 0.6) is 0 Å². The topological polar surface area (TPSA) is 49.4 Å². The molecule has 82 valence electrons. The largest absolute Gasteiger partial charge is 0.350 e. The smallest absolute Gasteiger partial charge is 0.255 e. The van der Waals surface area contributed by atoms with Gasteiger partial charge in [-0.3, -0.25) is 9.59 Å². The number of rotatable bonds is 0. The molecule has 2 aliphatic heterocycles. The van der Waals surface area contributed by atoms with Gasteiger partial charge in [-0.1, -0.05) is 18.2 Å². The number of benzene rings is 1. The van der Waals surface area contributed by atoms with Crippen LogP contribution in [0.2, 0.25) is 0 Å². The molecule has 0 bridgehead atoms. The third-order valence-corrected chi connectivity index (χ3v) is 3.17. The molecule has 2 aliphatic rings. The maximum atomic E-state index is 12.1. The molecule has 16 heavy (non-hydrogen) atoms.